The average molecular weight is 260 g/mol. The van der Waals surface area contributed by atoms with E-state index in [9.17, 15) is 0 Å². The van der Waals surface area contributed by atoms with Gasteiger partial charge >= 0.3 is 0 Å². The Morgan fingerprint density at radius 1 is 1.37 bits per heavy atom. The molecule has 2 rings (SSSR count). The van der Waals surface area contributed by atoms with Gasteiger partial charge in [0.2, 0.25) is 5.88 Å². The number of benzene rings is 1. The monoisotopic (exact) mass is 260 g/mol. The van der Waals surface area contributed by atoms with E-state index >= 15 is 0 Å². The molecule has 4 N–H and O–H groups in total. The van der Waals surface area contributed by atoms with E-state index in [1.54, 1.807) is 7.11 Å². The summed E-state index contributed by atoms with van der Waals surface area (Å²) in [5.41, 5.74) is 9.59. The van der Waals surface area contributed by atoms with Gasteiger partial charge in [-0.25, -0.2) is 0 Å². The summed E-state index contributed by atoms with van der Waals surface area (Å²) in [6.07, 6.45) is 0. The fourth-order valence-electron chi connectivity index (χ4n) is 1.75. The molecule has 5 heteroatoms. The van der Waals surface area contributed by atoms with Crippen LogP contribution in [-0.2, 0) is 0 Å². The number of hydrogen-bond acceptors (Lipinski definition) is 4. The van der Waals surface area contributed by atoms with E-state index in [0.29, 0.717) is 11.8 Å². The van der Waals surface area contributed by atoms with Gasteiger partial charge in [-0.2, -0.15) is 0 Å². The van der Waals surface area contributed by atoms with Crippen molar-refractivity contribution in [3.8, 4) is 17.1 Å². The zero-order valence-electron chi connectivity index (χ0n) is 11.5. The third-order valence-electron chi connectivity index (χ3n) is 2.83. The summed E-state index contributed by atoms with van der Waals surface area (Å²) in [6, 6.07) is 7.73. The second-order valence-corrected chi connectivity index (χ2v) is 4.90. The summed E-state index contributed by atoms with van der Waals surface area (Å²) in [5, 5.41) is 10.3. The summed E-state index contributed by atoms with van der Waals surface area (Å²) in [6.45, 7) is 5.21. The van der Waals surface area contributed by atoms with Crippen LogP contribution in [0.15, 0.2) is 24.3 Å². The minimum absolute atomic E-state index is 0.565. The number of hydrogen-bond donors (Lipinski definition) is 3. The van der Waals surface area contributed by atoms with Crippen LogP contribution in [0.3, 0.4) is 0 Å². The second kappa shape index (κ2) is 5.65. The van der Waals surface area contributed by atoms with Crippen molar-refractivity contribution in [2.24, 2.45) is 5.92 Å². The highest BCUT2D eigenvalue weighted by Gasteiger charge is 2.07. The maximum absolute atomic E-state index is 5.97. The van der Waals surface area contributed by atoms with E-state index in [2.05, 4.69) is 29.4 Å². The normalized spacial score (nSPS) is 10.7. The van der Waals surface area contributed by atoms with Gasteiger partial charge in [0.25, 0.3) is 0 Å². The minimum Gasteiger partial charge on any atom is -0.480 e. The van der Waals surface area contributed by atoms with Gasteiger partial charge in [0.15, 0.2) is 0 Å². The lowest BCUT2D eigenvalue weighted by Gasteiger charge is -2.12. The van der Waals surface area contributed by atoms with Crippen LogP contribution >= 0.6 is 0 Å². The van der Waals surface area contributed by atoms with Crippen molar-refractivity contribution < 1.29 is 4.74 Å². The quantitative estimate of drug-likeness (QED) is 0.722. The molecule has 0 bridgehead atoms. The van der Waals surface area contributed by atoms with Crippen LogP contribution in [0.4, 0.5) is 11.4 Å². The summed E-state index contributed by atoms with van der Waals surface area (Å²) in [5.74, 6) is 1.14. The molecular formula is C14H20N4O. The fraction of sp³-hybridized carbons (Fsp3) is 0.357. The van der Waals surface area contributed by atoms with Crippen molar-refractivity contribution in [3.63, 3.8) is 0 Å². The molecule has 0 unspecified atom stereocenters. The largest absolute Gasteiger partial charge is 0.480 e. The Hall–Kier alpha value is -2.17. The highest BCUT2D eigenvalue weighted by molar-refractivity contribution is 5.75. The van der Waals surface area contributed by atoms with Crippen molar-refractivity contribution in [1.29, 1.82) is 0 Å². The van der Waals surface area contributed by atoms with Crippen LogP contribution in [0.25, 0.3) is 11.3 Å². The van der Waals surface area contributed by atoms with Gasteiger partial charge in [-0.05, 0) is 18.1 Å². The molecule has 1 aromatic carbocycles. The molecule has 0 aliphatic carbocycles. The predicted molar refractivity (Wildman–Crippen MR) is 78.3 cm³/mol. The number of ether oxygens (including phenoxy) is 1. The molecule has 0 saturated carbocycles. The first-order valence-electron chi connectivity index (χ1n) is 6.33. The number of methoxy groups -OCH3 is 1. The van der Waals surface area contributed by atoms with E-state index in [1.807, 2.05) is 24.3 Å². The highest BCUT2D eigenvalue weighted by atomic mass is 16.5. The van der Waals surface area contributed by atoms with Gasteiger partial charge in [-0.15, -0.1) is 5.10 Å². The Morgan fingerprint density at radius 3 is 2.79 bits per heavy atom. The molecule has 0 saturated heterocycles. The lowest BCUT2D eigenvalue weighted by atomic mass is 10.1. The number of nitrogens with two attached hydrogens (primary N) is 1. The number of anilines is 2. The van der Waals surface area contributed by atoms with Crippen molar-refractivity contribution in [2.75, 3.05) is 24.7 Å². The molecule has 19 heavy (non-hydrogen) atoms. The molecule has 1 heterocycles. The predicted octanol–water partition coefficient (Wildman–Crippen LogP) is 2.74. The van der Waals surface area contributed by atoms with E-state index < -0.39 is 0 Å². The molecule has 0 amide bonds. The highest BCUT2D eigenvalue weighted by Crippen LogP contribution is 2.27. The topological polar surface area (TPSA) is 76.0 Å². The minimum atomic E-state index is 0.565. The third kappa shape index (κ3) is 3.19. The summed E-state index contributed by atoms with van der Waals surface area (Å²) in [4.78, 5) is 0. The molecule has 0 radical (unpaired) electrons. The lowest BCUT2D eigenvalue weighted by molar-refractivity contribution is 0.397. The van der Waals surface area contributed by atoms with Gasteiger partial charge < -0.3 is 15.8 Å². The van der Waals surface area contributed by atoms with Gasteiger partial charge in [-0.3, -0.25) is 5.10 Å². The second-order valence-electron chi connectivity index (χ2n) is 4.90. The number of aromatic nitrogens is 2. The molecular weight excluding hydrogens is 240 g/mol. The summed E-state index contributed by atoms with van der Waals surface area (Å²) < 4.78 is 5.07. The fourth-order valence-corrected chi connectivity index (χ4v) is 1.75. The number of rotatable bonds is 5. The van der Waals surface area contributed by atoms with Gasteiger partial charge in [0.1, 0.15) is 0 Å². The molecule has 0 fully saturated rings. The number of nitrogen functional groups attached to an aromatic ring is 1. The number of nitrogens with one attached hydrogen (secondary N) is 2. The number of nitrogens with zero attached hydrogens (tertiary/aromatic N) is 1. The van der Waals surface area contributed by atoms with E-state index in [4.69, 9.17) is 10.5 Å². The summed E-state index contributed by atoms with van der Waals surface area (Å²) >= 11 is 0. The molecule has 2 aromatic rings. The third-order valence-corrected chi connectivity index (χ3v) is 2.83. The first kappa shape index (κ1) is 13.3. The van der Waals surface area contributed by atoms with Crippen LogP contribution in [0, 0.1) is 5.92 Å². The van der Waals surface area contributed by atoms with Crippen molar-refractivity contribution in [1.82, 2.24) is 10.2 Å². The molecule has 1 aromatic heterocycles. The zero-order valence-corrected chi connectivity index (χ0v) is 11.5. The van der Waals surface area contributed by atoms with E-state index in [-0.39, 0.29) is 0 Å². The number of aromatic amines is 1. The molecule has 0 aliphatic heterocycles. The first-order valence-corrected chi connectivity index (χ1v) is 6.33. The Labute approximate surface area is 113 Å². The molecule has 102 valence electrons. The van der Waals surface area contributed by atoms with Crippen LogP contribution < -0.4 is 15.8 Å². The average Bonchev–Trinajstić information content (AvgIpc) is 2.86. The summed E-state index contributed by atoms with van der Waals surface area (Å²) in [7, 11) is 1.60. The maximum atomic E-state index is 5.97. The SMILES string of the molecule is COc1cc(-c2ccc(N)c(NCC(C)C)c2)[nH]n1. The Balaban J connectivity index is 2.24. The standard InChI is InChI=1S/C14H20N4O/c1-9(2)8-16-13-6-10(4-5-11(13)15)12-7-14(19-3)18-17-12/h4-7,9,16H,8,15H2,1-3H3,(H,17,18). The van der Waals surface area contributed by atoms with Gasteiger partial charge in [-0.1, -0.05) is 19.9 Å². The van der Waals surface area contributed by atoms with Crippen LogP contribution in [-0.4, -0.2) is 23.9 Å². The van der Waals surface area contributed by atoms with Gasteiger partial charge in [0.05, 0.1) is 24.2 Å². The van der Waals surface area contributed by atoms with Gasteiger partial charge in [0, 0.05) is 18.2 Å². The first-order chi connectivity index (χ1) is 9.10. The molecule has 0 atom stereocenters. The van der Waals surface area contributed by atoms with Crippen molar-refractivity contribution >= 4 is 11.4 Å². The van der Waals surface area contributed by atoms with E-state index in [1.165, 1.54) is 0 Å². The van der Waals surface area contributed by atoms with Crippen LogP contribution in [0.5, 0.6) is 5.88 Å². The Morgan fingerprint density at radius 2 is 2.16 bits per heavy atom. The Bertz CT molecular complexity index is 548. The van der Waals surface area contributed by atoms with E-state index in [0.717, 1.165) is 29.2 Å². The molecule has 5 nitrogen and oxygen atoms in total. The van der Waals surface area contributed by atoms with Crippen molar-refractivity contribution in [2.45, 2.75) is 13.8 Å². The van der Waals surface area contributed by atoms with Crippen molar-refractivity contribution in [3.05, 3.63) is 24.3 Å². The smallest absolute Gasteiger partial charge is 0.232 e. The number of H-pyrrole nitrogens is 1. The maximum Gasteiger partial charge on any atom is 0.232 e. The Kier molecular flexibility index (Phi) is 3.94. The van der Waals surface area contributed by atoms with Crippen LogP contribution in [0.2, 0.25) is 0 Å². The molecule has 0 aliphatic rings. The lowest BCUT2D eigenvalue weighted by Crippen LogP contribution is -2.09. The zero-order chi connectivity index (χ0) is 13.8. The molecule has 0 spiro atoms. The van der Waals surface area contributed by atoms with Crippen LogP contribution in [0.1, 0.15) is 13.8 Å².